The molecule has 2 N–H and O–H groups in total. The summed E-state index contributed by atoms with van der Waals surface area (Å²) >= 11 is 0. The number of carbonyl (C=O) groups excluding carboxylic acids is 2. The smallest absolute Gasteiger partial charge is 0.407 e. The Bertz CT molecular complexity index is 1770. The fraction of sp³-hybridized carbons (Fsp3) is 0.914. The molecule has 4 aliphatic rings. The fourth-order valence-electron chi connectivity index (χ4n) is 10.4. The van der Waals surface area contributed by atoms with E-state index in [1.807, 2.05) is 0 Å². The first kappa shape index (κ1) is 88.1. The van der Waals surface area contributed by atoms with Gasteiger partial charge in [0.25, 0.3) is 0 Å². The molecule has 2 amide bonds. The van der Waals surface area contributed by atoms with Gasteiger partial charge < -0.3 is 129 Å². The molecule has 4 unspecified atom stereocenters. The van der Waals surface area contributed by atoms with Gasteiger partial charge in [-0.25, -0.2) is 9.59 Å². The number of alkyl carbamates (subject to hydrolysis) is 2. The van der Waals surface area contributed by atoms with Crippen LogP contribution in [-0.2, 0) is 118 Å². The van der Waals surface area contributed by atoms with E-state index >= 15 is 0 Å². The Morgan fingerprint density at radius 1 is 0.212 bits per heavy atom. The van der Waals surface area contributed by atoms with E-state index in [1.165, 1.54) is 0 Å². The van der Waals surface area contributed by atoms with Gasteiger partial charge in [-0.2, -0.15) is 0 Å². The van der Waals surface area contributed by atoms with Gasteiger partial charge in [0.2, 0.25) is 0 Å². The largest absolute Gasteiger partial charge is 0.449 e. The SMILES string of the molecule is O=C(NCCOCCOCCOCCOCCOCCOCCOCCOCCOCCOCCOCCOCCOCCOCCOCCOCCOCCOCCOCCOCCOCCOCCOCCNC(=O)OCC1C2CCC#CCCC21)OCC1C2CCC#CCCC21. The summed E-state index contributed by atoms with van der Waals surface area (Å²) in [5.74, 6) is 16.4. The van der Waals surface area contributed by atoms with Crippen LogP contribution in [0.15, 0.2) is 0 Å². The van der Waals surface area contributed by atoms with E-state index in [9.17, 15) is 9.59 Å². The van der Waals surface area contributed by atoms with E-state index in [4.69, 9.17) is 118 Å². The molecule has 99 heavy (non-hydrogen) atoms. The van der Waals surface area contributed by atoms with Crippen LogP contribution in [-0.4, -0.2) is 342 Å². The fourth-order valence-corrected chi connectivity index (χ4v) is 10.4. The van der Waals surface area contributed by atoms with Crippen LogP contribution in [0.3, 0.4) is 0 Å². The molecule has 0 aromatic carbocycles. The van der Waals surface area contributed by atoms with Crippen molar-refractivity contribution in [3.05, 3.63) is 0 Å². The van der Waals surface area contributed by atoms with Crippen molar-refractivity contribution in [2.45, 2.75) is 51.4 Å². The van der Waals surface area contributed by atoms with Gasteiger partial charge in [0.1, 0.15) is 0 Å². The number of hydrogen-bond acceptors (Lipinski definition) is 27. The lowest BCUT2D eigenvalue weighted by Crippen LogP contribution is -2.29. The van der Waals surface area contributed by atoms with E-state index in [0.29, 0.717) is 366 Å². The van der Waals surface area contributed by atoms with Crippen molar-refractivity contribution in [3.8, 4) is 23.7 Å². The summed E-state index contributed by atoms with van der Waals surface area (Å²) in [6.45, 7) is 23.4. The molecule has 4 rings (SSSR count). The molecule has 2 saturated carbocycles. The van der Waals surface area contributed by atoms with Crippen LogP contribution in [0, 0.1) is 59.2 Å². The summed E-state index contributed by atoms with van der Waals surface area (Å²) in [6, 6.07) is 0. The lowest BCUT2D eigenvalue weighted by molar-refractivity contribution is -0.0318. The third kappa shape index (κ3) is 55.9. The lowest BCUT2D eigenvalue weighted by atomic mass is 10.1. The van der Waals surface area contributed by atoms with E-state index in [-0.39, 0.29) is 12.2 Å². The minimum absolute atomic E-state index is 0.387. The van der Waals surface area contributed by atoms with E-state index in [0.717, 1.165) is 51.4 Å². The molecule has 4 atom stereocenters. The number of rotatable bonds is 76. The molecular formula is C70H124N2O27. The van der Waals surface area contributed by atoms with Crippen LogP contribution >= 0.6 is 0 Å². The molecule has 0 heterocycles. The maximum atomic E-state index is 12.0. The summed E-state index contributed by atoms with van der Waals surface area (Å²) in [6.07, 6.45) is 7.52. The third-order valence-corrected chi connectivity index (χ3v) is 15.7. The number of carbonyl (C=O) groups is 2. The molecule has 4 aliphatic carbocycles. The standard InChI is InChI=1S/C70H124N2O27/c73-69(98-61-67-63-9-5-1-2-6-10-64(63)67)71-13-15-75-17-19-77-21-23-79-25-27-81-29-31-83-33-35-85-37-39-87-41-43-89-45-47-91-49-51-93-53-55-95-57-59-97-60-58-96-56-54-94-52-50-92-48-46-90-44-42-88-40-38-86-36-34-84-32-30-82-28-26-80-24-22-78-20-18-76-16-14-72-70(74)99-62-68-65-11-7-3-4-8-12-66(65)68/h63-68H,5-62H2,(H,71,73)(H,72,74). The lowest BCUT2D eigenvalue weighted by Gasteiger charge is -2.09. The maximum absolute atomic E-state index is 12.0. The molecule has 0 aromatic rings. The quantitative estimate of drug-likeness (QED) is 0.0648. The zero-order chi connectivity index (χ0) is 69.6. The Balaban J connectivity index is 0.680. The molecular weight excluding hydrogens is 1300 g/mol. The molecule has 0 bridgehead atoms. The Labute approximate surface area is 589 Å². The highest BCUT2D eigenvalue weighted by molar-refractivity contribution is 5.67. The van der Waals surface area contributed by atoms with Crippen LogP contribution in [0.25, 0.3) is 0 Å². The van der Waals surface area contributed by atoms with Crippen LogP contribution in [0.5, 0.6) is 0 Å². The van der Waals surface area contributed by atoms with Crippen LogP contribution in [0.1, 0.15) is 51.4 Å². The van der Waals surface area contributed by atoms with Gasteiger partial charge in [-0.15, -0.1) is 23.7 Å². The molecule has 0 aromatic heterocycles. The summed E-state index contributed by atoms with van der Waals surface area (Å²) in [5, 5.41) is 5.48. The Morgan fingerprint density at radius 2 is 0.343 bits per heavy atom. The van der Waals surface area contributed by atoms with Crippen molar-refractivity contribution in [2.75, 3.05) is 330 Å². The third-order valence-electron chi connectivity index (χ3n) is 15.7. The minimum Gasteiger partial charge on any atom is -0.449 e. The van der Waals surface area contributed by atoms with Gasteiger partial charge >= 0.3 is 12.2 Å². The van der Waals surface area contributed by atoms with Crippen molar-refractivity contribution in [3.63, 3.8) is 0 Å². The van der Waals surface area contributed by atoms with Crippen molar-refractivity contribution in [2.24, 2.45) is 35.5 Å². The second-order valence-corrected chi connectivity index (χ2v) is 23.0. The Hall–Kier alpha value is -3.26. The van der Waals surface area contributed by atoms with Crippen LogP contribution in [0.4, 0.5) is 9.59 Å². The van der Waals surface area contributed by atoms with Crippen LogP contribution in [0.2, 0.25) is 0 Å². The number of hydrogen-bond donors (Lipinski definition) is 2. The molecule has 576 valence electrons. The normalized spacial score (nSPS) is 18.4. The average molecular weight is 1430 g/mol. The molecule has 0 radical (unpaired) electrons. The zero-order valence-electron chi connectivity index (χ0n) is 59.5. The van der Waals surface area contributed by atoms with E-state index in [2.05, 4.69) is 34.3 Å². The highest BCUT2D eigenvalue weighted by Crippen LogP contribution is 2.53. The van der Waals surface area contributed by atoms with Crippen molar-refractivity contribution < 1.29 is 128 Å². The average Bonchev–Trinajstić information content (AvgIpc) is 1.64. The van der Waals surface area contributed by atoms with Crippen molar-refractivity contribution >= 4 is 12.2 Å². The molecule has 2 fully saturated rings. The second kappa shape index (κ2) is 69.1. The first-order valence-electron chi connectivity index (χ1n) is 36.2. The molecule has 0 spiro atoms. The van der Waals surface area contributed by atoms with Gasteiger partial charge in [0, 0.05) is 38.8 Å². The first-order valence-corrected chi connectivity index (χ1v) is 36.2. The highest BCUT2D eigenvalue weighted by Gasteiger charge is 2.50. The van der Waals surface area contributed by atoms with Gasteiger partial charge in [-0.1, -0.05) is 0 Å². The second-order valence-electron chi connectivity index (χ2n) is 23.0. The minimum atomic E-state index is -0.387. The number of fused-ring (bicyclic) bond motifs is 2. The Morgan fingerprint density at radius 3 is 0.485 bits per heavy atom. The predicted molar refractivity (Wildman–Crippen MR) is 361 cm³/mol. The van der Waals surface area contributed by atoms with E-state index in [1.54, 1.807) is 0 Å². The van der Waals surface area contributed by atoms with Gasteiger partial charge in [0.05, 0.1) is 317 Å². The van der Waals surface area contributed by atoms with Crippen molar-refractivity contribution in [1.29, 1.82) is 0 Å². The Kier molecular flexibility index (Phi) is 61.5. The monoisotopic (exact) mass is 1420 g/mol. The van der Waals surface area contributed by atoms with Gasteiger partial charge in [-0.3, -0.25) is 0 Å². The zero-order valence-corrected chi connectivity index (χ0v) is 59.5. The summed E-state index contributed by atoms with van der Waals surface area (Å²) in [7, 11) is 0. The van der Waals surface area contributed by atoms with Gasteiger partial charge in [0.15, 0.2) is 0 Å². The maximum Gasteiger partial charge on any atom is 0.407 e. The summed E-state index contributed by atoms with van der Waals surface area (Å²) in [5.41, 5.74) is 0. The van der Waals surface area contributed by atoms with Crippen LogP contribution < -0.4 is 10.6 Å². The van der Waals surface area contributed by atoms with E-state index < -0.39 is 0 Å². The summed E-state index contributed by atoms with van der Waals surface area (Å²) in [4.78, 5) is 24.0. The highest BCUT2D eigenvalue weighted by atomic mass is 16.6. The predicted octanol–water partition coefficient (Wildman–Crippen LogP) is 3.70. The number of ether oxygens (including phenoxy) is 25. The molecule has 0 saturated heterocycles. The molecule has 29 heteroatoms. The number of nitrogens with one attached hydrogen (secondary N) is 2. The molecule has 0 aliphatic heterocycles. The van der Waals surface area contributed by atoms with Crippen molar-refractivity contribution in [1.82, 2.24) is 10.6 Å². The molecule has 29 nitrogen and oxygen atoms in total. The number of amides is 2. The van der Waals surface area contributed by atoms with Gasteiger partial charge in [-0.05, 0) is 61.2 Å². The first-order chi connectivity index (χ1) is 49.2. The summed E-state index contributed by atoms with van der Waals surface area (Å²) < 4.78 is 138. The topological polar surface area (TPSA) is 289 Å².